The van der Waals surface area contributed by atoms with Gasteiger partial charge in [0.1, 0.15) is 12.2 Å². The lowest BCUT2D eigenvalue weighted by Gasteiger charge is -2.19. The number of aliphatic hydroxyl groups excluding tert-OH is 1. The molecule has 1 aromatic rings. The van der Waals surface area contributed by atoms with Crippen molar-refractivity contribution < 1.29 is 5.11 Å². The van der Waals surface area contributed by atoms with Crippen molar-refractivity contribution in [1.29, 1.82) is 0 Å². The van der Waals surface area contributed by atoms with Gasteiger partial charge in [-0.25, -0.2) is 4.98 Å². The Morgan fingerprint density at radius 3 is 2.71 bits per heavy atom. The van der Waals surface area contributed by atoms with Gasteiger partial charge in [-0.05, 0) is 5.92 Å². The molecule has 0 bridgehead atoms. The van der Waals surface area contributed by atoms with Crippen LogP contribution in [0, 0.1) is 5.92 Å². The molecule has 1 atom stereocenters. The Morgan fingerprint density at radius 2 is 2.29 bits per heavy atom. The Labute approximate surface area is 84.2 Å². The van der Waals surface area contributed by atoms with E-state index in [-0.39, 0.29) is 12.6 Å². The minimum Gasteiger partial charge on any atom is -0.395 e. The van der Waals surface area contributed by atoms with E-state index in [9.17, 15) is 0 Å². The Morgan fingerprint density at radius 1 is 1.57 bits per heavy atom. The SMILES string of the molecule is CC(C)[C@@H](CO)NCc1ncnn1C. The molecule has 0 fully saturated rings. The van der Waals surface area contributed by atoms with Crippen molar-refractivity contribution in [1.82, 2.24) is 20.1 Å². The second-order valence-corrected chi connectivity index (χ2v) is 3.71. The van der Waals surface area contributed by atoms with E-state index < -0.39 is 0 Å². The predicted octanol–water partition coefficient (Wildman–Crippen LogP) is -0.0784. The first-order chi connectivity index (χ1) is 6.65. The number of hydrogen-bond donors (Lipinski definition) is 2. The number of hydrogen-bond acceptors (Lipinski definition) is 4. The number of nitrogens with zero attached hydrogens (tertiary/aromatic N) is 3. The van der Waals surface area contributed by atoms with Crippen LogP contribution in [0.4, 0.5) is 0 Å². The molecule has 14 heavy (non-hydrogen) atoms. The van der Waals surface area contributed by atoms with Gasteiger partial charge in [-0.1, -0.05) is 13.8 Å². The second kappa shape index (κ2) is 5.07. The molecule has 0 aromatic carbocycles. The van der Waals surface area contributed by atoms with E-state index in [0.717, 1.165) is 5.82 Å². The van der Waals surface area contributed by atoms with Crippen LogP contribution in [-0.4, -0.2) is 32.5 Å². The van der Waals surface area contributed by atoms with E-state index >= 15 is 0 Å². The maximum Gasteiger partial charge on any atom is 0.140 e. The molecule has 5 nitrogen and oxygen atoms in total. The average Bonchev–Trinajstić information content (AvgIpc) is 2.52. The minimum atomic E-state index is 0.117. The summed E-state index contributed by atoms with van der Waals surface area (Å²) < 4.78 is 1.72. The van der Waals surface area contributed by atoms with E-state index in [4.69, 9.17) is 5.11 Å². The van der Waals surface area contributed by atoms with Crippen molar-refractivity contribution in [2.45, 2.75) is 26.4 Å². The smallest absolute Gasteiger partial charge is 0.140 e. The van der Waals surface area contributed by atoms with E-state index in [1.54, 1.807) is 4.68 Å². The maximum atomic E-state index is 9.09. The third-order valence-electron chi connectivity index (χ3n) is 2.33. The van der Waals surface area contributed by atoms with Crippen molar-refractivity contribution in [3.05, 3.63) is 12.2 Å². The Hall–Kier alpha value is -0.940. The highest BCUT2D eigenvalue weighted by Crippen LogP contribution is 2.01. The Kier molecular flexibility index (Phi) is 4.03. The first-order valence-electron chi connectivity index (χ1n) is 4.82. The topological polar surface area (TPSA) is 63.0 Å². The van der Waals surface area contributed by atoms with Gasteiger partial charge in [-0.2, -0.15) is 5.10 Å². The van der Waals surface area contributed by atoms with E-state index in [2.05, 4.69) is 29.2 Å². The van der Waals surface area contributed by atoms with Crippen LogP contribution in [0.3, 0.4) is 0 Å². The summed E-state index contributed by atoms with van der Waals surface area (Å²) >= 11 is 0. The standard InChI is InChI=1S/C9H18N4O/c1-7(2)8(5-14)10-4-9-11-6-12-13(9)3/h6-8,10,14H,4-5H2,1-3H3/t8-/m1/s1. The van der Waals surface area contributed by atoms with E-state index in [0.29, 0.717) is 12.5 Å². The van der Waals surface area contributed by atoms with Crippen LogP contribution in [0.15, 0.2) is 6.33 Å². The number of aliphatic hydroxyl groups is 1. The van der Waals surface area contributed by atoms with Crippen molar-refractivity contribution in [3.63, 3.8) is 0 Å². The number of nitrogens with one attached hydrogen (secondary N) is 1. The molecule has 0 aliphatic heterocycles. The van der Waals surface area contributed by atoms with Gasteiger partial charge in [-0.15, -0.1) is 0 Å². The zero-order chi connectivity index (χ0) is 10.6. The van der Waals surface area contributed by atoms with Gasteiger partial charge in [0, 0.05) is 13.1 Å². The summed E-state index contributed by atoms with van der Waals surface area (Å²) in [4.78, 5) is 4.09. The zero-order valence-corrected chi connectivity index (χ0v) is 8.94. The summed E-state index contributed by atoms with van der Waals surface area (Å²) in [5.41, 5.74) is 0. The molecule has 2 N–H and O–H groups in total. The first-order valence-corrected chi connectivity index (χ1v) is 4.82. The van der Waals surface area contributed by atoms with E-state index in [1.165, 1.54) is 6.33 Å². The number of rotatable bonds is 5. The number of aryl methyl sites for hydroxylation is 1. The summed E-state index contributed by atoms with van der Waals surface area (Å²) in [6, 6.07) is 0.117. The fraction of sp³-hybridized carbons (Fsp3) is 0.778. The molecule has 5 heteroatoms. The molecule has 1 rings (SSSR count). The van der Waals surface area contributed by atoms with Crippen LogP contribution < -0.4 is 5.32 Å². The van der Waals surface area contributed by atoms with Crippen molar-refractivity contribution >= 4 is 0 Å². The molecule has 0 aliphatic carbocycles. The van der Waals surface area contributed by atoms with Gasteiger partial charge in [0.2, 0.25) is 0 Å². The summed E-state index contributed by atoms with van der Waals surface area (Å²) in [5.74, 6) is 1.29. The summed E-state index contributed by atoms with van der Waals surface area (Å²) in [7, 11) is 1.85. The van der Waals surface area contributed by atoms with E-state index in [1.807, 2.05) is 7.05 Å². The summed E-state index contributed by atoms with van der Waals surface area (Å²) in [6.45, 7) is 4.94. The largest absolute Gasteiger partial charge is 0.395 e. The predicted molar refractivity (Wildman–Crippen MR) is 53.6 cm³/mol. The van der Waals surface area contributed by atoms with Crippen LogP contribution in [0.5, 0.6) is 0 Å². The molecule has 0 saturated heterocycles. The lowest BCUT2D eigenvalue weighted by Crippen LogP contribution is -2.37. The molecule has 0 saturated carbocycles. The maximum absolute atomic E-state index is 9.09. The highest BCUT2D eigenvalue weighted by molar-refractivity contribution is 4.84. The van der Waals surface area contributed by atoms with Gasteiger partial charge in [0.05, 0.1) is 13.2 Å². The fourth-order valence-corrected chi connectivity index (χ4v) is 1.21. The third-order valence-corrected chi connectivity index (χ3v) is 2.33. The highest BCUT2D eigenvalue weighted by atomic mass is 16.3. The lowest BCUT2D eigenvalue weighted by atomic mass is 10.1. The molecule has 0 radical (unpaired) electrons. The molecule has 0 unspecified atom stereocenters. The first kappa shape index (κ1) is 11.1. The average molecular weight is 198 g/mol. The molecule has 1 aromatic heterocycles. The Balaban J connectivity index is 2.43. The molecular formula is C9H18N4O. The Bertz CT molecular complexity index is 272. The van der Waals surface area contributed by atoms with Crippen LogP contribution in [0.25, 0.3) is 0 Å². The minimum absolute atomic E-state index is 0.117. The monoisotopic (exact) mass is 198 g/mol. The summed E-state index contributed by atoms with van der Waals surface area (Å²) in [5, 5.41) is 16.3. The van der Waals surface area contributed by atoms with Gasteiger partial charge in [0.15, 0.2) is 0 Å². The highest BCUT2D eigenvalue weighted by Gasteiger charge is 2.12. The van der Waals surface area contributed by atoms with Crippen LogP contribution >= 0.6 is 0 Å². The van der Waals surface area contributed by atoms with Crippen LogP contribution in [0.1, 0.15) is 19.7 Å². The van der Waals surface area contributed by atoms with Crippen LogP contribution in [0.2, 0.25) is 0 Å². The van der Waals surface area contributed by atoms with Crippen molar-refractivity contribution in [2.24, 2.45) is 13.0 Å². The molecule has 1 heterocycles. The number of aromatic nitrogens is 3. The molecule has 0 amide bonds. The normalized spacial score (nSPS) is 13.5. The molecular weight excluding hydrogens is 180 g/mol. The van der Waals surface area contributed by atoms with Gasteiger partial charge in [-0.3, -0.25) is 4.68 Å². The van der Waals surface area contributed by atoms with Gasteiger partial charge < -0.3 is 10.4 Å². The van der Waals surface area contributed by atoms with Gasteiger partial charge >= 0.3 is 0 Å². The zero-order valence-electron chi connectivity index (χ0n) is 8.94. The van der Waals surface area contributed by atoms with Crippen molar-refractivity contribution in [2.75, 3.05) is 6.61 Å². The molecule has 0 aliphatic rings. The summed E-state index contributed by atoms with van der Waals surface area (Å²) in [6.07, 6.45) is 1.53. The fourth-order valence-electron chi connectivity index (χ4n) is 1.21. The quantitative estimate of drug-likeness (QED) is 0.694. The van der Waals surface area contributed by atoms with Crippen molar-refractivity contribution in [3.8, 4) is 0 Å². The lowest BCUT2D eigenvalue weighted by molar-refractivity contribution is 0.209. The van der Waals surface area contributed by atoms with Gasteiger partial charge in [0.25, 0.3) is 0 Å². The second-order valence-electron chi connectivity index (χ2n) is 3.71. The molecule has 0 spiro atoms. The molecule has 80 valence electrons. The third kappa shape index (κ3) is 2.78. The van der Waals surface area contributed by atoms with Crippen LogP contribution in [-0.2, 0) is 13.6 Å².